The van der Waals surface area contributed by atoms with Crippen molar-refractivity contribution in [1.29, 1.82) is 0 Å². The quantitative estimate of drug-likeness (QED) is 0.576. The van der Waals surface area contributed by atoms with E-state index < -0.39 is 23.4 Å². The second-order valence-electron chi connectivity index (χ2n) is 7.11. The number of carbonyl (C=O) groups is 2. The molecule has 0 saturated heterocycles. The molecule has 0 fully saturated rings. The number of methoxy groups -OCH3 is 1. The molecule has 0 radical (unpaired) electrons. The van der Waals surface area contributed by atoms with Crippen molar-refractivity contribution < 1.29 is 23.8 Å². The van der Waals surface area contributed by atoms with Crippen molar-refractivity contribution in [2.24, 2.45) is 0 Å². The van der Waals surface area contributed by atoms with Gasteiger partial charge >= 0.3 is 12.2 Å². The summed E-state index contributed by atoms with van der Waals surface area (Å²) in [5.41, 5.74) is 1.13. The third kappa shape index (κ3) is 7.16. The minimum atomic E-state index is -0.812. The molecule has 140 valence electrons. The lowest BCUT2D eigenvalue weighted by molar-refractivity contribution is 0.0424. The summed E-state index contributed by atoms with van der Waals surface area (Å²) in [4.78, 5) is 28.8. The molecule has 0 aromatic carbocycles. The fraction of sp³-hybridized carbons (Fsp3) is 0.562. The van der Waals surface area contributed by atoms with Crippen LogP contribution >= 0.6 is 15.9 Å². The van der Waals surface area contributed by atoms with E-state index in [-0.39, 0.29) is 11.4 Å². The van der Waals surface area contributed by atoms with E-state index in [0.717, 1.165) is 5.01 Å². The van der Waals surface area contributed by atoms with Crippen molar-refractivity contribution in [2.75, 3.05) is 12.1 Å². The third-order valence-corrected chi connectivity index (χ3v) is 2.89. The van der Waals surface area contributed by atoms with Crippen LogP contribution in [-0.2, 0) is 9.47 Å². The summed E-state index contributed by atoms with van der Waals surface area (Å²) in [6.45, 7) is 10.3. The highest BCUT2D eigenvalue weighted by Gasteiger charge is 2.29. The van der Waals surface area contributed by atoms with Gasteiger partial charge in [0.05, 0.1) is 13.3 Å². The van der Waals surface area contributed by atoms with Gasteiger partial charge in [-0.05, 0) is 57.5 Å². The molecule has 0 bridgehead atoms. The zero-order valence-electron chi connectivity index (χ0n) is 15.5. The Morgan fingerprint density at radius 2 is 1.68 bits per heavy atom. The number of pyridine rings is 1. The standard InChI is InChI=1S/C16H24BrN3O5/c1-15(2,3)24-13(21)19-20(14(22)25-16(4,5)6)10-8-12(17)18-9-11(10)23-7/h8-9H,1-7H3,(H,19,21). The summed E-state index contributed by atoms with van der Waals surface area (Å²) in [7, 11) is 1.43. The van der Waals surface area contributed by atoms with Crippen LogP contribution in [0.5, 0.6) is 5.75 Å². The van der Waals surface area contributed by atoms with E-state index in [1.54, 1.807) is 41.5 Å². The second kappa shape index (κ2) is 7.90. The molecule has 1 heterocycles. The predicted molar refractivity (Wildman–Crippen MR) is 96.6 cm³/mol. The van der Waals surface area contributed by atoms with Crippen LogP contribution < -0.4 is 15.2 Å². The highest BCUT2D eigenvalue weighted by Crippen LogP contribution is 2.30. The summed E-state index contributed by atoms with van der Waals surface area (Å²) in [6.07, 6.45) is -0.198. The van der Waals surface area contributed by atoms with Gasteiger partial charge in [-0.1, -0.05) is 0 Å². The molecule has 1 N–H and O–H groups in total. The molecular weight excluding hydrogens is 394 g/mol. The summed E-state index contributed by atoms with van der Waals surface area (Å²) in [5, 5.41) is 0.921. The van der Waals surface area contributed by atoms with Gasteiger partial charge in [0.1, 0.15) is 21.5 Å². The smallest absolute Gasteiger partial charge is 0.434 e. The van der Waals surface area contributed by atoms with Gasteiger partial charge in [0.15, 0.2) is 5.75 Å². The number of anilines is 1. The first-order valence-corrected chi connectivity index (χ1v) is 8.34. The topological polar surface area (TPSA) is 90.0 Å². The number of carbonyl (C=O) groups excluding carboxylic acids is 2. The first-order valence-electron chi connectivity index (χ1n) is 7.54. The van der Waals surface area contributed by atoms with E-state index >= 15 is 0 Å². The van der Waals surface area contributed by atoms with Gasteiger partial charge in [0.25, 0.3) is 0 Å². The van der Waals surface area contributed by atoms with Gasteiger partial charge in [-0.3, -0.25) is 0 Å². The second-order valence-corrected chi connectivity index (χ2v) is 7.92. The monoisotopic (exact) mass is 417 g/mol. The van der Waals surface area contributed by atoms with E-state index in [4.69, 9.17) is 14.2 Å². The summed E-state index contributed by atoms with van der Waals surface area (Å²) in [5.74, 6) is 0.269. The number of rotatable bonds is 2. The van der Waals surface area contributed by atoms with Gasteiger partial charge in [-0.2, -0.15) is 5.01 Å². The molecule has 0 aliphatic heterocycles. The Labute approximate surface area is 155 Å². The first kappa shape index (κ1) is 21.0. The number of nitrogens with one attached hydrogen (secondary N) is 1. The van der Waals surface area contributed by atoms with E-state index in [1.165, 1.54) is 19.4 Å². The Morgan fingerprint density at radius 1 is 1.12 bits per heavy atom. The van der Waals surface area contributed by atoms with Crippen LogP contribution in [0.3, 0.4) is 0 Å². The van der Waals surface area contributed by atoms with Crippen LogP contribution in [0.25, 0.3) is 0 Å². The maximum absolute atomic E-state index is 12.6. The van der Waals surface area contributed by atoms with E-state index in [0.29, 0.717) is 4.60 Å². The number of halogens is 1. The average molecular weight is 418 g/mol. The highest BCUT2D eigenvalue weighted by molar-refractivity contribution is 9.10. The maximum Gasteiger partial charge on any atom is 0.434 e. The van der Waals surface area contributed by atoms with Crippen molar-refractivity contribution in [1.82, 2.24) is 10.4 Å². The maximum atomic E-state index is 12.6. The molecule has 9 heteroatoms. The van der Waals surface area contributed by atoms with Crippen LogP contribution in [0, 0.1) is 0 Å². The van der Waals surface area contributed by atoms with E-state index in [1.807, 2.05) is 0 Å². The van der Waals surface area contributed by atoms with Crippen molar-refractivity contribution in [3.8, 4) is 5.75 Å². The minimum Gasteiger partial charge on any atom is -0.493 e. The number of nitrogens with zero attached hydrogens (tertiary/aromatic N) is 2. The number of aromatic nitrogens is 1. The van der Waals surface area contributed by atoms with Crippen molar-refractivity contribution in [3.05, 3.63) is 16.9 Å². The van der Waals surface area contributed by atoms with Gasteiger partial charge in [0, 0.05) is 6.07 Å². The highest BCUT2D eigenvalue weighted by atomic mass is 79.9. The number of hydrogen-bond acceptors (Lipinski definition) is 6. The largest absolute Gasteiger partial charge is 0.493 e. The molecule has 1 aromatic rings. The Balaban J connectivity index is 3.22. The summed E-state index contributed by atoms with van der Waals surface area (Å²) >= 11 is 3.23. The number of hydrogen-bond donors (Lipinski definition) is 1. The van der Waals surface area contributed by atoms with E-state index in [9.17, 15) is 9.59 Å². The van der Waals surface area contributed by atoms with Gasteiger partial charge < -0.3 is 14.2 Å². The Kier molecular flexibility index (Phi) is 6.64. The minimum absolute atomic E-state index is 0.240. The molecule has 0 atom stereocenters. The van der Waals surface area contributed by atoms with Gasteiger partial charge in [-0.25, -0.2) is 20.0 Å². The van der Waals surface area contributed by atoms with Crippen LogP contribution in [0.15, 0.2) is 16.9 Å². The zero-order chi connectivity index (χ0) is 19.4. The number of amides is 2. The molecule has 0 aliphatic carbocycles. The van der Waals surface area contributed by atoms with Gasteiger partial charge in [0.2, 0.25) is 0 Å². The lowest BCUT2D eigenvalue weighted by Gasteiger charge is -2.29. The van der Waals surface area contributed by atoms with Crippen LogP contribution in [-0.4, -0.2) is 35.5 Å². The molecular formula is C16H24BrN3O5. The number of ether oxygens (including phenoxy) is 3. The lowest BCUT2D eigenvalue weighted by atomic mass is 10.2. The average Bonchev–Trinajstić information content (AvgIpc) is 2.40. The Morgan fingerprint density at radius 3 is 2.16 bits per heavy atom. The normalized spacial score (nSPS) is 11.5. The first-order chi connectivity index (χ1) is 11.3. The Hall–Kier alpha value is -2.03. The molecule has 25 heavy (non-hydrogen) atoms. The molecule has 0 spiro atoms. The fourth-order valence-electron chi connectivity index (χ4n) is 1.64. The number of hydrazine groups is 1. The van der Waals surface area contributed by atoms with Crippen LogP contribution in [0.1, 0.15) is 41.5 Å². The van der Waals surface area contributed by atoms with Crippen molar-refractivity contribution >= 4 is 33.8 Å². The van der Waals surface area contributed by atoms with Crippen LogP contribution in [0.2, 0.25) is 0 Å². The molecule has 0 aliphatic rings. The molecule has 1 rings (SSSR count). The molecule has 2 amide bonds. The SMILES string of the molecule is COc1cnc(Br)cc1N(NC(=O)OC(C)(C)C)C(=O)OC(C)(C)C. The summed E-state index contributed by atoms with van der Waals surface area (Å²) in [6, 6.07) is 1.51. The van der Waals surface area contributed by atoms with Crippen molar-refractivity contribution in [2.45, 2.75) is 52.7 Å². The lowest BCUT2D eigenvalue weighted by Crippen LogP contribution is -2.50. The van der Waals surface area contributed by atoms with Crippen LogP contribution in [0.4, 0.5) is 15.3 Å². The summed E-state index contributed by atoms with van der Waals surface area (Å²) < 4.78 is 16.2. The Bertz CT molecular complexity index is 638. The predicted octanol–water partition coefficient (Wildman–Crippen LogP) is 4.03. The third-order valence-electron chi connectivity index (χ3n) is 2.45. The fourth-order valence-corrected chi connectivity index (χ4v) is 1.96. The molecule has 0 saturated carbocycles. The van der Waals surface area contributed by atoms with E-state index in [2.05, 4.69) is 26.3 Å². The molecule has 1 aromatic heterocycles. The van der Waals surface area contributed by atoms with Gasteiger partial charge in [-0.15, -0.1) is 0 Å². The molecule has 8 nitrogen and oxygen atoms in total. The zero-order valence-corrected chi connectivity index (χ0v) is 17.1. The van der Waals surface area contributed by atoms with Crippen molar-refractivity contribution in [3.63, 3.8) is 0 Å². The molecule has 0 unspecified atom stereocenters.